The molecule has 21 heavy (non-hydrogen) atoms. The smallest absolute Gasteiger partial charge is 0.253 e. The van der Waals surface area contributed by atoms with Gasteiger partial charge in [0, 0.05) is 30.2 Å². The van der Waals surface area contributed by atoms with Crippen LogP contribution in [0, 0.1) is 6.92 Å². The molecule has 0 spiro atoms. The second kappa shape index (κ2) is 5.52. The average Bonchev–Trinajstić information content (AvgIpc) is 2.47. The fraction of sp³-hybridized carbons (Fsp3) is 0.312. The Morgan fingerprint density at radius 2 is 2.24 bits per heavy atom. The number of nitrogens with zero attached hydrogens (tertiary/aromatic N) is 1. The highest BCUT2D eigenvalue weighted by atomic mass is 16.1. The second-order valence-electron chi connectivity index (χ2n) is 5.49. The Morgan fingerprint density at radius 3 is 3.05 bits per heavy atom. The van der Waals surface area contributed by atoms with Crippen molar-refractivity contribution in [1.29, 1.82) is 0 Å². The van der Waals surface area contributed by atoms with E-state index in [0.29, 0.717) is 5.56 Å². The topological polar surface area (TPSA) is 74.8 Å². The lowest BCUT2D eigenvalue weighted by molar-refractivity contribution is 0.0933. The normalized spacial score (nSPS) is 17.1. The van der Waals surface area contributed by atoms with E-state index < -0.39 is 0 Å². The van der Waals surface area contributed by atoms with Gasteiger partial charge in [-0.15, -0.1) is 0 Å². The second-order valence-corrected chi connectivity index (χ2v) is 5.49. The minimum atomic E-state index is -0.0934. The van der Waals surface area contributed by atoms with Crippen LogP contribution in [0.25, 0.3) is 0 Å². The largest absolute Gasteiger partial charge is 0.349 e. The lowest BCUT2D eigenvalue weighted by atomic mass is 9.91. The molecule has 0 saturated heterocycles. The summed E-state index contributed by atoms with van der Waals surface area (Å²) in [5.74, 6) is -0.0934. The van der Waals surface area contributed by atoms with Gasteiger partial charge in [-0.1, -0.05) is 6.07 Å². The number of aryl methyl sites for hydroxylation is 2. The maximum atomic E-state index is 12.2. The van der Waals surface area contributed by atoms with Gasteiger partial charge in [-0.2, -0.15) is 0 Å². The maximum Gasteiger partial charge on any atom is 0.253 e. The minimum Gasteiger partial charge on any atom is -0.349 e. The molecule has 1 atom stereocenters. The molecule has 2 aromatic rings. The number of hydrogen-bond donors (Lipinski definition) is 2. The summed E-state index contributed by atoms with van der Waals surface area (Å²) in [7, 11) is 0. The number of rotatable bonds is 2. The molecule has 0 aromatic carbocycles. The molecular weight excluding hydrogens is 266 g/mol. The third-order valence-electron chi connectivity index (χ3n) is 3.78. The quantitative estimate of drug-likeness (QED) is 0.874. The van der Waals surface area contributed by atoms with Crippen molar-refractivity contribution in [2.24, 2.45) is 0 Å². The molecule has 1 amide bonds. The standard InChI is InChI=1S/C16H17N3O2/c1-10-6-12(9-17-8-10)16(21)18-13-3-4-14-11(7-13)2-5-15(20)19-14/h2,5-6,8-9,13H,3-4,7H2,1H3,(H,18,21)(H,19,20)/t13-/m1/s1. The van der Waals surface area contributed by atoms with Crippen LogP contribution in [0.5, 0.6) is 0 Å². The van der Waals surface area contributed by atoms with Gasteiger partial charge in [0.25, 0.3) is 5.91 Å². The lowest BCUT2D eigenvalue weighted by Crippen LogP contribution is -2.39. The van der Waals surface area contributed by atoms with Crippen LogP contribution in [0.3, 0.4) is 0 Å². The molecule has 108 valence electrons. The Hall–Kier alpha value is -2.43. The van der Waals surface area contributed by atoms with Crippen LogP contribution < -0.4 is 10.9 Å². The number of amides is 1. The van der Waals surface area contributed by atoms with Crippen LogP contribution in [-0.4, -0.2) is 21.9 Å². The van der Waals surface area contributed by atoms with Crippen molar-refractivity contribution in [3.05, 3.63) is 63.3 Å². The Morgan fingerprint density at radius 1 is 1.38 bits per heavy atom. The highest BCUT2D eigenvalue weighted by molar-refractivity contribution is 5.94. The summed E-state index contributed by atoms with van der Waals surface area (Å²) in [4.78, 5) is 30.4. The molecule has 3 rings (SSSR count). The van der Waals surface area contributed by atoms with Gasteiger partial charge >= 0.3 is 0 Å². The molecule has 2 heterocycles. The third kappa shape index (κ3) is 3.02. The summed E-state index contributed by atoms with van der Waals surface area (Å²) in [6.07, 6.45) is 5.66. The van der Waals surface area contributed by atoms with Crippen molar-refractivity contribution < 1.29 is 4.79 Å². The molecule has 0 aliphatic heterocycles. The van der Waals surface area contributed by atoms with Gasteiger partial charge in [-0.05, 0) is 43.4 Å². The van der Waals surface area contributed by atoms with Gasteiger partial charge in [0.1, 0.15) is 0 Å². The maximum absolute atomic E-state index is 12.2. The highest BCUT2D eigenvalue weighted by Gasteiger charge is 2.21. The summed E-state index contributed by atoms with van der Waals surface area (Å²) in [6.45, 7) is 1.91. The predicted molar refractivity (Wildman–Crippen MR) is 79.3 cm³/mol. The van der Waals surface area contributed by atoms with Crippen molar-refractivity contribution in [3.8, 4) is 0 Å². The predicted octanol–water partition coefficient (Wildman–Crippen LogP) is 1.37. The van der Waals surface area contributed by atoms with Gasteiger partial charge < -0.3 is 10.3 Å². The molecule has 5 nitrogen and oxygen atoms in total. The number of aromatic nitrogens is 2. The zero-order valence-electron chi connectivity index (χ0n) is 11.8. The van der Waals surface area contributed by atoms with Crippen molar-refractivity contribution >= 4 is 5.91 Å². The molecule has 0 bridgehead atoms. The zero-order chi connectivity index (χ0) is 14.8. The van der Waals surface area contributed by atoms with E-state index in [9.17, 15) is 9.59 Å². The molecule has 0 radical (unpaired) electrons. The molecule has 5 heteroatoms. The van der Waals surface area contributed by atoms with Gasteiger partial charge in [0.15, 0.2) is 0 Å². The van der Waals surface area contributed by atoms with Crippen molar-refractivity contribution in [2.75, 3.05) is 0 Å². The first-order valence-corrected chi connectivity index (χ1v) is 7.05. The molecule has 0 fully saturated rings. The summed E-state index contributed by atoms with van der Waals surface area (Å²) in [5, 5.41) is 3.05. The molecule has 0 saturated carbocycles. The van der Waals surface area contributed by atoms with Gasteiger partial charge in [-0.25, -0.2) is 0 Å². The molecule has 2 N–H and O–H groups in total. The Bertz CT molecular complexity index is 736. The van der Waals surface area contributed by atoms with Crippen molar-refractivity contribution in [1.82, 2.24) is 15.3 Å². The van der Waals surface area contributed by atoms with E-state index in [1.165, 1.54) is 6.07 Å². The monoisotopic (exact) mass is 283 g/mol. The van der Waals surface area contributed by atoms with Crippen LogP contribution in [-0.2, 0) is 12.8 Å². The first-order valence-electron chi connectivity index (χ1n) is 7.05. The molecule has 2 aromatic heterocycles. The number of hydrogen-bond acceptors (Lipinski definition) is 3. The zero-order valence-corrected chi connectivity index (χ0v) is 11.8. The van der Waals surface area contributed by atoms with Gasteiger partial charge in [0.2, 0.25) is 5.56 Å². The molecular formula is C16H17N3O2. The van der Waals surface area contributed by atoms with Crippen LogP contribution in [0.2, 0.25) is 0 Å². The van der Waals surface area contributed by atoms with E-state index >= 15 is 0 Å². The highest BCUT2D eigenvalue weighted by Crippen LogP contribution is 2.18. The Labute approximate surface area is 122 Å². The van der Waals surface area contributed by atoms with E-state index in [-0.39, 0.29) is 17.5 Å². The number of aromatic amines is 1. The van der Waals surface area contributed by atoms with E-state index in [1.54, 1.807) is 12.4 Å². The lowest BCUT2D eigenvalue weighted by Gasteiger charge is -2.25. The van der Waals surface area contributed by atoms with E-state index in [1.807, 2.05) is 19.1 Å². The third-order valence-corrected chi connectivity index (χ3v) is 3.78. The Kier molecular flexibility index (Phi) is 3.56. The first-order chi connectivity index (χ1) is 10.1. The number of nitrogens with one attached hydrogen (secondary N) is 2. The van der Waals surface area contributed by atoms with Crippen LogP contribution in [0.1, 0.15) is 33.6 Å². The van der Waals surface area contributed by atoms with Gasteiger partial charge in [-0.3, -0.25) is 14.6 Å². The van der Waals surface area contributed by atoms with Crippen LogP contribution in [0.4, 0.5) is 0 Å². The van der Waals surface area contributed by atoms with Crippen LogP contribution in [0.15, 0.2) is 35.4 Å². The molecule has 1 aliphatic rings. The summed E-state index contributed by atoms with van der Waals surface area (Å²) >= 11 is 0. The molecule has 0 unspecified atom stereocenters. The van der Waals surface area contributed by atoms with Crippen molar-refractivity contribution in [3.63, 3.8) is 0 Å². The molecule has 1 aliphatic carbocycles. The van der Waals surface area contributed by atoms with Gasteiger partial charge in [0.05, 0.1) is 5.56 Å². The number of H-pyrrole nitrogens is 1. The average molecular weight is 283 g/mol. The Balaban J connectivity index is 1.71. The number of pyridine rings is 2. The summed E-state index contributed by atoms with van der Waals surface area (Å²) < 4.78 is 0. The van der Waals surface area contributed by atoms with Crippen molar-refractivity contribution in [2.45, 2.75) is 32.2 Å². The minimum absolute atomic E-state index is 0.0675. The number of fused-ring (bicyclic) bond motifs is 1. The number of carbonyl (C=O) groups excluding carboxylic acids is 1. The van der Waals surface area contributed by atoms with E-state index in [2.05, 4.69) is 15.3 Å². The summed E-state index contributed by atoms with van der Waals surface area (Å²) in [6, 6.07) is 5.31. The fourth-order valence-electron chi connectivity index (χ4n) is 2.72. The first kappa shape index (κ1) is 13.5. The van der Waals surface area contributed by atoms with E-state index in [4.69, 9.17) is 0 Å². The SMILES string of the molecule is Cc1cncc(C(=O)N[C@@H]2CCc3[nH]c(=O)ccc3C2)c1. The fourth-order valence-corrected chi connectivity index (χ4v) is 2.72. The number of carbonyl (C=O) groups is 1. The summed E-state index contributed by atoms with van der Waals surface area (Å²) in [5.41, 5.74) is 3.58. The van der Waals surface area contributed by atoms with Crippen LogP contribution >= 0.6 is 0 Å². The van der Waals surface area contributed by atoms with E-state index in [0.717, 1.165) is 36.1 Å².